The highest BCUT2D eigenvalue weighted by molar-refractivity contribution is 5.97. The minimum atomic E-state index is -0.430. The third-order valence-electron chi connectivity index (χ3n) is 5.98. The van der Waals surface area contributed by atoms with Gasteiger partial charge < -0.3 is 20.1 Å². The topological polar surface area (TPSA) is 78.9 Å². The van der Waals surface area contributed by atoms with Gasteiger partial charge in [0, 0.05) is 19.0 Å². The average molecular weight is 358 g/mol. The van der Waals surface area contributed by atoms with Crippen molar-refractivity contribution in [3.63, 3.8) is 0 Å². The third-order valence-corrected chi connectivity index (χ3v) is 5.98. The lowest BCUT2D eigenvalue weighted by Gasteiger charge is -2.41. The van der Waals surface area contributed by atoms with Gasteiger partial charge in [0.1, 0.15) is 11.4 Å². The first-order chi connectivity index (χ1) is 12.6. The van der Waals surface area contributed by atoms with Gasteiger partial charge in [0.05, 0.1) is 18.2 Å². The molecular weight excluding hydrogens is 332 g/mol. The largest absolute Gasteiger partial charge is 0.485 e. The van der Waals surface area contributed by atoms with E-state index in [9.17, 15) is 14.7 Å². The Hall–Kier alpha value is -2.08. The van der Waals surface area contributed by atoms with Crippen LogP contribution in [0.15, 0.2) is 24.3 Å². The van der Waals surface area contributed by atoms with Crippen LogP contribution in [0.25, 0.3) is 0 Å². The van der Waals surface area contributed by atoms with E-state index in [1.54, 1.807) is 6.07 Å². The second kappa shape index (κ2) is 6.91. The number of nitrogens with zero attached hydrogens (tertiary/aromatic N) is 1. The number of rotatable bonds is 1. The predicted molar refractivity (Wildman–Crippen MR) is 95.9 cm³/mol. The number of hydrogen-bond acceptors (Lipinski definition) is 4. The zero-order chi connectivity index (χ0) is 18.1. The number of amides is 2. The Morgan fingerprint density at radius 1 is 1.23 bits per heavy atom. The lowest BCUT2D eigenvalue weighted by atomic mass is 9.77. The van der Waals surface area contributed by atoms with Gasteiger partial charge in [0.15, 0.2) is 0 Å². The molecule has 3 aliphatic rings. The summed E-state index contributed by atoms with van der Waals surface area (Å²) in [6.45, 7) is 1.68. The van der Waals surface area contributed by atoms with Crippen LogP contribution in [0.2, 0.25) is 0 Å². The Labute approximate surface area is 153 Å². The van der Waals surface area contributed by atoms with Crippen LogP contribution >= 0.6 is 0 Å². The van der Waals surface area contributed by atoms with Gasteiger partial charge in [-0.05, 0) is 50.7 Å². The molecule has 140 valence electrons. The maximum absolute atomic E-state index is 12.8. The molecule has 26 heavy (non-hydrogen) atoms. The number of ether oxygens (including phenoxy) is 1. The number of aliphatic hydroxyl groups is 1. The van der Waals surface area contributed by atoms with Crippen molar-refractivity contribution in [2.24, 2.45) is 5.92 Å². The molecule has 1 spiro atoms. The van der Waals surface area contributed by atoms with Crippen LogP contribution < -0.4 is 10.1 Å². The second-order valence-electron chi connectivity index (χ2n) is 7.82. The Bertz CT molecular complexity index is 697. The van der Waals surface area contributed by atoms with Crippen molar-refractivity contribution in [3.05, 3.63) is 29.8 Å². The van der Waals surface area contributed by atoms with Gasteiger partial charge in [-0.25, -0.2) is 0 Å². The quantitative estimate of drug-likeness (QED) is 0.801. The van der Waals surface area contributed by atoms with Gasteiger partial charge >= 0.3 is 0 Å². The average Bonchev–Trinajstić information content (AvgIpc) is 2.79. The number of nitrogens with one attached hydrogen (secondary N) is 1. The van der Waals surface area contributed by atoms with Crippen molar-refractivity contribution in [1.82, 2.24) is 10.2 Å². The van der Waals surface area contributed by atoms with Crippen LogP contribution in [-0.4, -0.2) is 53.2 Å². The summed E-state index contributed by atoms with van der Waals surface area (Å²) in [6, 6.07) is 7.33. The Balaban J connectivity index is 1.43. The summed E-state index contributed by atoms with van der Waals surface area (Å²) in [4.78, 5) is 26.9. The number of benzene rings is 1. The zero-order valence-electron chi connectivity index (χ0n) is 14.9. The van der Waals surface area contributed by atoms with Crippen molar-refractivity contribution >= 4 is 11.8 Å². The summed E-state index contributed by atoms with van der Waals surface area (Å²) in [5, 5.41) is 12.8. The smallest absolute Gasteiger partial charge is 0.255 e. The first-order valence-corrected chi connectivity index (χ1v) is 9.59. The van der Waals surface area contributed by atoms with Gasteiger partial charge in [0.2, 0.25) is 5.91 Å². The predicted octanol–water partition coefficient (Wildman–Crippen LogP) is 1.72. The molecule has 1 saturated carbocycles. The molecule has 4 rings (SSSR count). The standard InChI is InChI=1S/C20H26N2O4/c23-15-4-3-11-22(12-15)19(25)14-7-9-20(10-8-14)13-21-18(24)16-5-1-2-6-17(16)26-20/h1-2,5-6,14-15,23H,3-4,7-13H2,(H,21,24). The molecule has 2 fully saturated rings. The van der Waals surface area contributed by atoms with Gasteiger partial charge in [-0.2, -0.15) is 0 Å². The molecule has 0 radical (unpaired) electrons. The summed E-state index contributed by atoms with van der Waals surface area (Å²) in [5.74, 6) is 0.685. The number of para-hydroxylation sites is 1. The van der Waals surface area contributed by atoms with E-state index in [0.29, 0.717) is 24.4 Å². The number of piperidine rings is 1. The van der Waals surface area contributed by atoms with Crippen molar-refractivity contribution < 1.29 is 19.4 Å². The number of aliphatic hydroxyl groups excluding tert-OH is 1. The summed E-state index contributed by atoms with van der Waals surface area (Å²) >= 11 is 0. The van der Waals surface area contributed by atoms with Crippen molar-refractivity contribution in [1.29, 1.82) is 0 Å². The molecule has 1 saturated heterocycles. The number of β-amino-alcohol motifs (C(OH)–C–C–N with tert-alkyl or cyclic N) is 1. The second-order valence-corrected chi connectivity index (χ2v) is 7.82. The van der Waals surface area contributed by atoms with Gasteiger partial charge in [-0.3, -0.25) is 9.59 Å². The van der Waals surface area contributed by atoms with E-state index < -0.39 is 5.60 Å². The summed E-state index contributed by atoms with van der Waals surface area (Å²) in [5.41, 5.74) is 0.144. The Morgan fingerprint density at radius 2 is 2.00 bits per heavy atom. The fourth-order valence-corrected chi connectivity index (χ4v) is 4.43. The molecule has 0 bridgehead atoms. The monoisotopic (exact) mass is 358 g/mol. The first kappa shape index (κ1) is 17.3. The normalized spacial score (nSPS) is 31.6. The number of carbonyl (C=O) groups is 2. The number of likely N-dealkylation sites (tertiary alicyclic amines) is 1. The van der Waals surface area contributed by atoms with E-state index in [1.807, 2.05) is 23.1 Å². The van der Waals surface area contributed by atoms with Crippen LogP contribution in [0.5, 0.6) is 5.75 Å². The number of carbonyl (C=O) groups excluding carboxylic acids is 2. The molecule has 6 nitrogen and oxygen atoms in total. The molecule has 1 aromatic rings. The van der Waals surface area contributed by atoms with Crippen molar-refractivity contribution in [2.75, 3.05) is 19.6 Å². The maximum Gasteiger partial charge on any atom is 0.255 e. The molecule has 1 unspecified atom stereocenters. The molecule has 1 aliphatic carbocycles. The summed E-state index contributed by atoms with van der Waals surface area (Å²) in [6.07, 6.45) is 4.26. The molecule has 6 heteroatoms. The van der Waals surface area contributed by atoms with Crippen LogP contribution in [0.4, 0.5) is 0 Å². The molecule has 2 N–H and O–H groups in total. The van der Waals surface area contributed by atoms with Gasteiger partial charge in [-0.1, -0.05) is 12.1 Å². The highest BCUT2D eigenvalue weighted by Crippen LogP contribution is 2.38. The van der Waals surface area contributed by atoms with Crippen LogP contribution in [-0.2, 0) is 4.79 Å². The van der Waals surface area contributed by atoms with Crippen LogP contribution in [0.3, 0.4) is 0 Å². The first-order valence-electron chi connectivity index (χ1n) is 9.59. The van der Waals surface area contributed by atoms with Gasteiger partial charge in [0.25, 0.3) is 5.91 Å². The van der Waals surface area contributed by atoms with E-state index in [-0.39, 0.29) is 23.8 Å². The Morgan fingerprint density at radius 3 is 2.77 bits per heavy atom. The zero-order valence-corrected chi connectivity index (χ0v) is 14.9. The number of fused-ring (bicyclic) bond motifs is 1. The van der Waals surface area contributed by atoms with E-state index in [0.717, 1.165) is 45.1 Å². The van der Waals surface area contributed by atoms with E-state index >= 15 is 0 Å². The third kappa shape index (κ3) is 3.30. The number of hydrogen-bond donors (Lipinski definition) is 2. The van der Waals surface area contributed by atoms with E-state index in [1.165, 1.54) is 0 Å². The summed E-state index contributed by atoms with van der Waals surface area (Å²) in [7, 11) is 0. The Kier molecular flexibility index (Phi) is 4.61. The van der Waals surface area contributed by atoms with E-state index in [2.05, 4.69) is 5.32 Å². The molecule has 1 atom stereocenters. The maximum atomic E-state index is 12.8. The van der Waals surface area contributed by atoms with Crippen LogP contribution in [0, 0.1) is 5.92 Å². The molecule has 2 amide bonds. The fraction of sp³-hybridized carbons (Fsp3) is 0.600. The summed E-state index contributed by atoms with van der Waals surface area (Å²) < 4.78 is 6.30. The highest BCUT2D eigenvalue weighted by Gasteiger charge is 2.42. The lowest BCUT2D eigenvalue weighted by molar-refractivity contribution is -0.141. The molecule has 1 aromatic carbocycles. The molecular formula is C20H26N2O4. The van der Waals surface area contributed by atoms with E-state index in [4.69, 9.17) is 4.74 Å². The minimum Gasteiger partial charge on any atom is -0.485 e. The van der Waals surface area contributed by atoms with Crippen molar-refractivity contribution in [3.8, 4) is 5.75 Å². The van der Waals surface area contributed by atoms with Crippen molar-refractivity contribution in [2.45, 2.75) is 50.2 Å². The minimum absolute atomic E-state index is 0.0104. The molecule has 2 aliphatic heterocycles. The fourth-order valence-electron chi connectivity index (χ4n) is 4.43. The SMILES string of the molecule is O=C1NCC2(CCC(C(=O)N3CCCC(O)C3)CC2)Oc2ccccc21. The van der Waals surface area contributed by atoms with Gasteiger partial charge in [-0.15, -0.1) is 0 Å². The lowest BCUT2D eigenvalue weighted by Crippen LogP contribution is -2.51. The highest BCUT2D eigenvalue weighted by atomic mass is 16.5. The van der Waals surface area contributed by atoms with Crippen LogP contribution in [0.1, 0.15) is 48.9 Å². The molecule has 0 aromatic heterocycles. The molecule has 2 heterocycles.